The van der Waals surface area contributed by atoms with E-state index < -0.39 is 10.0 Å². The van der Waals surface area contributed by atoms with Gasteiger partial charge < -0.3 is 14.1 Å². The van der Waals surface area contributed by atoms with Crippen molar-refractivity contribution in [2.45, 2.75) is 17.9 Å². The van der Waals surface area contributed by atoms with Crippen LogP contribution in [0.3, 0.4) is 0 Å². The minimum absolute atomic E-state index is 0.00999. The second-order valence-electron chi connectivity index (χ2n) is 6.73. The van der Waals surface area contributed by atoms with Gasteiger partial charge in [0, 0.05) is 32.4 Å². The molecule has 1 atom stereocenters. The molecule has 27 heavy (non-hydrogen) atoms. The van der Waals surface area contributed by atoms with Crippen LogP contribution in [0.25, 0.3) is 11.5 Å². The fourth-order valence-corrected chi connectivity index (χ4v) is 4.96. The smallest absolute Gasteiger partial charge is 0.276 e. The van der Waals surface area contributed by atoms with Gasteiger partial charge in [0.25, 0.3) is 10.0 Å². The van der Waals surface area contributed by atoms with E-state index in [9.17, 15) is 13.2 Å². The zero-order valence-electron chi connectivity index (χ0n) is 14.8. The van der Waals surface area contributed by atoms with E-state index in [1.807, 2.05) is 0 Å². The summed E-state index contributed by atoms with van der Waals surface area (Å²) in [6.45, 7) is 2.75. The molecule has 0 spiro atoms. The van der Waals surface area contributed by atoms with Crippen molar-refractivity contribution in [3.05, 3.63) is 24.4 Å². The summed E-state index contributed by atoms with van der Waals surface area (Å²) >= 11 is 0. The first-order valence-electron chi connectivity index (χ1n) is 9.02. The third-order valence-electron chi connectivity index (χ3n) is 5.00. The van der Waals surface area contributed by atoms with Crippen molar-refractivity contribution in [2.75, 3.05) is 39.4 Å². The van der Waals surface area contributed by atoms with Gasteiger partial charge in [0.15, 0.2) is 5.76 Å². The molecule has 2 aromatic rings. The van der Waals surface area contributed by atoms with Crippen LogP contribution >= 0.6 is 0 Å². The molecule has 2 aliphatic rings. The van der Waals surface area contributed by atoms with Crippen molar-refractivity contribution < 1.29 is 22.4 Å². The maximum absolute atomic E-state index is 13.0. The van der Waals surface area contributed by atoms with Crippen molar-refractivity contribution in [3.8, 4) is 11.5 Å². The average molecular weight is 394 g/mol. The molecule has 2 aliphatic heterocycles. The van der Waals surface area contributed by atoms with Crippen molar-refractivity contribution in [3.63, 3.8) is 0 Å². The summed E-state index contributed by atoms with van der Waals surface area (Å²) in [7, 11) is -3.79. The standard InChI is InChI=1S/C17H22N4O5S/c22-17(20-8-10-25-11-9-20)13-2-1-7-21(12-13)27(23,24)16-4-3-15(26-16)14-5-6-18-19-14/h3-6,13H,1-2,7-12H2,(H,18,19)/t13-/m0/s1. The van der Waals surface area contributed by atoms with Gasteiger partial charge in [-0.1, -0.05) is 0 Å². The van der Waals surface area contributed by atoms with Crippen LogP contribution in [0, 0.1) is 5.92 Å². The Kier molecular flexibility index (Phi) is 5.02. The molecule has 2 aromatic heterocycles. The fraction of sp³-hybridized carbons (Fsp3) is 0.529. The third kappa shape index (κ3) is 3.64. The van der Waals surface area contributed by atoms with Gasteiger partial charge in [-0.05, 0) is 31.0 Å². The highest BCUT2D eigenvalue weighted by Gasteiger charge is 2.36. The van der Waals surface area contributed by atoms with Crippen LogP contribution in [-0.4, -0.2) is 73.1 Å². The number of aromatic nitrogens is 2. The van der Waals surface area contributed by atoms with Crippen molar-refractivity contribution in [2.24, 2.45) is 5.92 Å². The molecule has 146 valence electrons. The number of aromatic amines is 1. The van der Waals surface area contributed by atoms with E-state index in [0.29, 0.717) is 57.1 Å². The quantitative estimate of drug-likeness (QED) is 0.826. The molecule has 0 aromatic carbocycles. The zero-order valence-corrected chi connectivity index (χ0v) is 15.7. The number of sulfonamides is 1. The highest BCUT2D eigenvalue weighted by molar-refractivity contribution is 7.89. The lowest BCUT2D eigenvalue weighted by Gasteiger charge is -2.35. The largest absolute Gasteiger partial charge is 0.442 e. The van der Waals surface area contributed by atoms with Gasteiger partial charge in [-0.2, -0.15) is 9.40 Å². The van der Waals surface area contributed by atoms with Gasteiger partial charge in [0.2, 0.25) is 11.0 Å². The van der Waals surface area contributed by atoms with Crippen molar-refractivity contribution >= 4 is 15.9 Å². The summed E-state index contributed by atoms with van der Waals surface area (Å²) in [4.78, 5) is 14.5. The van der Waals surface area contributed by atoms with Crippen LogP contribution in [0.1, 0.15) is 12.8 Å². The number of amides is 1. The average Bonchev–Trinajstić information content (AvgIpc) is 3.40. The lowest BCUT2D eigenvalue weighted by atomic mass is 9.98. The lowest BCUT2D eigenvalue weighted by molar-refractivity contribution is -0.140. The summed E-state index contributed by atoms with van der Waals surface area (Å²) in [5.74, 6) is 0.0912. The van der Waals surface area contributed by atoms with Crippen molar-refractivity contribution in [1.82, 2.24) is 19.4 Å². The summed E-state index contributed by atoms with van der Waals surface area (Å²) in [6, 6.07) is 4.74. The minimum atomic E-state index is -3.79. The van der Waals surface area contributed by atoms with Gasteiger partial charge in [-0.15, -0.1) is 0 Å². The number of ether oxygens (including phenoxy) is 1. The Bertz CT molecular complexity index is 886. The van der Waals surface area contributed by atoms with E-state index in [1.54, 1.807) is 23.2 Å². The molecule has 4 rings (SSSR count). The van der Waals surface area contributed by atoms with Gasteiger partial charge >= 0.3 is 0 Å². The van der Waals surface area contributed by atoms with E-state index in [2.05, 4.69) is 10.2 Å². The normalized spacial score (nSPS) is 22.1. The summed E-state index contributed by atoms with van der Waals surface area (Å²) in [5, 5.41) is 6.46. The molecule has 2 saturated heterocycles. The predicted molar refractivity (Wildman–Crippen MR) is 95.2 cm³/mol. The number of nitrogens with zero attached hydrogens (tertiary/aromatic N) is 3. The van der Waals surface area contributed by atoms with Crippen LogP contribution in [0.15, 0.2) is 33.9 Å². The predicted octanol–water partition coefficient (Wildman–Crippen LogP) is 0.929. The summed E-state index contributed by atoms with van der Waals surface area (Å²) in [6.07, 6.45) is 2.91. The van der Waals surface area contributed by atoms with E-state index in [1.165, 1.54) is 10.4 Å². The molecule has 1 amide bonds. The van der Waals surface area contributed by atoms with Gasteiger partial charge in [0.05, 0.1) is 19.1 Å². The molecule has 1 N–H and O–H groups in total. The van der Waals surface area contributed by atoms with Crippen LogP contribution in [-0.2, 0) is 19.6 Å². The molecule has 0 saturated carbocycles. The lowest BCUT2D eigenvalue weighted by Crippen LogP contribution is -2.49. The Hall–Kier alpha value is -2.17. The molecule has 0 bridgehead atoms. The Morgan fingerprint density at radius 3 is 2.74 bits per heavy atom. The number of carbonyl (C=O) groups is 1. The second-order valence-corrected chi connectivity index (χ2v) is 8.60. The number of hydrogen-bond acceptors (Lipinski definition) is 6. The van der Waals surface area contributed by atoms with Crippen LogP contribution in [0.4, 0.5) is 0 Å². The van der Waals surface area contributed by atoms with Gasteiger partial charge in [-0.25, -0.2) is 8.42 Å². The molecular weight excluding hydrogens is 372 g/mol. The van der Waals surface area contributed by atoms with Crippen LogP contribution in [0.2, 0.25) is 0 Å². The SMILES string of the molecule is O=C([C@H]1CCCN(S(=O)(=O)c2ccc(-c3ccn[nH]3)o2)C1)N1CCOCC1. The summed E-state index contributed by atoms with van der Waals surface area (Å²) in [5.41, 5.74) is 0.607. The molecule has 2 fully saturated rings. The van der Waals surface area contributed by atoms with Crippen molar-refractivity contribution in [1.29, 1.82) is 0 Å². The van der Waals surface area contributed by atoms with Gasteiger partial charge in [-0.3, -0.25) is 9.89 Å². The molecule has 9 nitrogen and oxygen atoms in total. The highest BCUT2D eigenvalue weighted by atomic mass is 32.2. The summed E-state index contributed by atoms with van der Waals surface area (Å²) < 4.78 is 38.1. The Balaban J connectivity index is 1.49. The number of piperidine rings is 1. The van der Waals surface area contributed by atoms with E-state index in [4.69, 9.17) is 9.15 Å². The molecular formula is C17H22N4O5S. The van der Waals surface area contributed by atoms with E-state index >= 15 is 0 Å². The third-order valence-corrected chi connectivity index (χ3v) is 6.74. The number of furan rings is 1. The number of morpholine rings is 1. The monoisotopic (exact) mass is 394 g/mol. The number of rotatable bonds is 4. The Labute approximate surface area is 157 Å². The van der Waals surface area contributed by atoms with Crippen LogP contribution < -0.4 is 0 Å². The first-order chi connectivity index (χ1) is 13.1. The molecule has 4 heterocycles. The first kappa shape index (κ1) is 18.2. The second kappa shape index (κ2) is 7.45. The maximum Gasteiger partial charge on any atom is 0.276 e. The zero-order chi connectivity index (χ0) is 18.9. The highest BCUT2D eigenvalue weighted by Crippen LogP contribution is 2.28. The molecule has 0 radical (unpaired) electrons. The van der Waals surface area contributed by atoms with E-state index in [0.717, 1.165) is 0 Å². The first-order valence-corrected chi connectivity index (χ1v) is 10.5. The maximum atomic E-state index is 13.0. The molecule has 10 heteroatoms. The number of H-pyrrole nitrogens is 1. The van der Waals surface area contributed by atoms with Gasteiger partial charge in [0.1, 0.15) is 5.69 Å². The minimum Gasteiger partial charge on any atom is -0.442 e. The molecule has 0 unspecified atom stereocenters. The number of carbonyl (C=O) groups excluding carboxylic acids is 1. The fourth-order valence-electron chi connectivity index (χ4n) is 3.53. The number of nitrogens with one attached hydrogen (secondary N) is 1. The van der Waals surface area contributed by atoms with Crippen LogP contribution in [0.5, 0.6) is 0 Å². The van der Waals surface area contributed by atoms with E-state index in [-0.39, 0.29) is 23.5 Å². The number of hydrogen-bond donors (Lipinski definition) is 1. The Morgan fingerprint density at radius 2 is 2.00 bits per heavy atom. The molecule has 0 aliphatic carbocycles. The topological polar surface area (TPSA) is 109 Å². The Morgan fingerprint density at radius 1 is 1.19 bits per heavy atom.